The molecule has 2 fully saturated rings. The first-order chi connectivity index (χ1) is 8.80. The minimum atomic E-state index is 0. The topological polar surface area (TPSA) is 54.2 Å². The molecule has 1 aromatic heterocycles. The molecule has 6 heteroatoms. The Morgan fingerprint density at radius 1 is 1.42 bits per heavy atom. The van der Waals surface area contributed by atoms with Crippen molar-refractivity contribution in [1.29, 1.82) is 0 Å². The number of likely N-dealkylation sites (tertiary alicyclic amines) is 1. The van der Waals surface area contributed by atoms with E-state index in [1.807, 2.05) is 0 Å². The van der Waals surface area contributed by atoms with E-state index in [1.54, 1.807) is 0 Å². The molecule has 1 spiro atoms. The lowest BCUT2D eigenvalue weighted by atomic mass is 9.87. The fourth-order valence-electron chi connectivity index (χ4n) is 3.18. The molecule has 0 saturated carbocycles. The van der Waals surface area contributed by atoms with Crippen molar-refractivity contribution in [1.82, 2.24) is 20.4 Å². The second kappa shape index (κ2) is 6.20. The van der Waals surface area contributed by atoms with E-state index in [9.17, 15) is 0 Å². The van der Waals surface area contributed by atoms with Crippen LogP contribution in [0.1, 0.15) is 37.9 Å². The van der Waals surface area contributed by atoms with Crippen LogP contribution in [0.5, 0.6) is 0 Å². The molecule has 1 aromatic rings. The summed E-state index contributed by atoms with van der Waals surface area (Å²) < 4.78 is 5.23. The van der Waals surface area contributed by atoms with E-state index < -0.39 is 0 Å². The van der Waals surface area contributed by atoms with Gasteiger partial charge in [-0.3, -0.25) is 4.90 Å². The average Bonchev–Trinajstić information content (AvgIpc) is 3.06. The Bertz CT molecular complexity index is 403. The maximum atomic E-state index is 5.23. The Balaban J connectivity index is 0.00000133. The summed E-state index contributed by atoms with van der Waals surface area (Å²) in [7, 11) is 0. The normalized spacial score (nSPS) is 27.0. The molecular weight excluding hydrogens is 264 g/mol. The van der Waals surface area contributed by atoms with Crippen molar-refractivity contribution in [2.24, 2.45) is 5.41 Å². The largest absolute Gasteiger partial charge is 0.339 e. The Kier molecular flexibility index (Phi) is 4.81. The molecule has 1 unspecified atom stereocenters. The van der Waals surface area contributed by atoms with Crippen LogP contribution in [0.25, 0.3) is 0 Å². The van der Waals surface area contributed by atoms with Gasteiger partial charge in [-0.05, 0) is 37.8 Å². The monoisotopic (exact) mass is 286 g/mol. The highest BCUT2D eigenvalue weighted by Gasteiger charge is 2.40. The molecule has 0 amide bonds. The first-order valence-electron chi connectivity index (χ1n) is 7.04. The van der Waals surface area contributed by atoms with Crippen molar-refractivity contribution in [2.75, 3.05) is 26.2 Å². The lowest BCUT2D eigenvalue weighted by Gasteiger charge is -2.21. The van der Waals surface area contributed by atoms with Crippen molar-refractivity contribution in [3.05, 3.63) is 11.7 Å². The van der Waals surface area contributed by atoms with Gasteiger partial charge in [-0.15, -0.1) is 12.4 Å². The quantitative estimate of drug-likeness (QED) is 0.912. The number of hydrogen-bond donors (Lipinski definition) is 1. The summed E-state index contributed by atoms with van der Waals surface area (Å²) in [5.74, 6) is 1.63. The van der Waals surface area contributed by atoms with Gasteiger partial charge in [-0.1, -0.05) is 12.1 Å². The maximum Gasteiger partial charge on any atom is 0.226 e. The van der Waals surface area contributed by atoms with E-state index in [4.69, 9.17) is 4.52 Å². The van der Waals surface area contributed by atoms with Gasteiger partial charge in [-0.25, -0.2) is 0 Å². The van der Waals surface area contributed by atoms with Gasteiger partial charge in [0.05, 0.1) is 6.54 Å². The number of aromatic nitrogens is 2. The Morgan fingerprint density at radius 3 is 3.05 bits per heavy atom. The van der Waals surface area contributed by atoms with Gasteiger partial charge < -0.3 is 9.84 Å². The molecule has 0 aromatic carbocycles. The number of hydrogen-bond acceptors (Lipinski definition) is 5. The summed E-state index contributed by atoms with van der Waals surface area (Å²) >= 11 is 0. The third kappa shape index (κ3) is 3.27. The zero-order chi connectivity index (χ0) is 12.4. The van der Waals surface area contributed by atoms with Crippen LogP contribution in [0.4, 0.5) is 0 Å². The molecule has 1 atom stereocenters. The van der Waals surface area contributed by atoms with Gasteiger partial charge in [0, 0.05) is 19.5 Å². The molecule has 3 rings (SSSR count). The van der Waals surface area contributed by atoms with Gasteiger partial charge in [0.15, 0.2) is 5.82 Å². The first kappa shape index (κ1) is 14.8. The summed E-state index contributed by atoms with van der Waals surface area (Å²) in [6.07, 6.45) is 4.57. The van der Waals surface area contributed by atoms with Crippen LogP contribution in [0.3, 0.4) is 0 Å². The van der Waals surface area contributed by atoms with Crippen LogP contribution in [0.2, 0.25) is 0 Å². The van der Waals surface area contributed by atoms with Crippen LogP contribution in [-0.4, -0.2) is 41.2 Å². The maximum absolute atomic E-state index is 5.23. The second-order valence-electron chi connectivity index (χ2n) is 5.74. The highest BCUT2D eigenvalue weighted by Crippen LogP contribution is 2.36. The lowest BCUT2D eigenvalue weighted by molar-refractivity contribution is 0.259. The van der Waals surface area contributed by atoms with Gasteiger partial charge in [-0.2, -0.15) is 4.98 Å². The lowest BCUT2D eigenvalue weighted by Crippen LogP contribution is -2.29. The van der Waals surface area contributed by atoms with E-state index >= 15 is 0 Å². The Morgan fingerprint density at radius 2 is 2.32 bits per heavy atom. The van der Waals surface area contributed by atoms with E-state index in [0.29, 0.717) is 5.41 Å². The minimum Gasteiger partial charge on any atom is -0.339 e. The highest BCUT2D eigenvalue weighted by molar-refractivity contribution is 5.85. The zero-order valence-corrected chi connectivity index (χ0v) is 12.3. The van der Waals surface area contributed by atoms with Crippen molar-refractivity contribution >= 4 is 12.4 Å². The summed E-state index contributed by atoms with van der Waals surface area (Å²) in [5.41, 5.74) is 0.524. The van der Waals surface area contributed by atoms with Crippen LogP contribution < -0.4 is 5.32 Å². The molecule has 19 heavy (non-hydrogen) atoms. The number of nitrogens with one attached hydrogen (secondary N) is 1. The highest BCUT2D eigenvalue weighted by atomic mass is 35.5. The molecule has 3 heterocycles. The molecule has 2 saturated heterocycles. The smallest absolute Gasteiger partial charge is 0.226 e. The molecule has 2 aliphatic heterocycles. The Labute approximate surface area is 120 Å². The molecule has 1 N–H and O–H groups in total. The summed E-state index contributed by atoms with van der Waals surface area (Å²) in [5, 5.41) is 7.55. The van der Waals surface area contributed by atoms with Crippen molar-refractivity contribution in [3.63, 3.8) is 0 Å². The standard InChI is InChI=1S/C13H22N4O.ClH/c1-2-3-12-15-11(16-18-12)8-17-7-5-13(10-17)4-6-14-9-13;/h14H,2-10H2,1H3;1H. The zero-order valence-electron chi connectivity index (χ0n) is 11.5. The molecular formula is C13H23ClN4O. The molecule has 0 aliphatic carbocycles. The van der Waals surface area contributed by atoms with Crippen LogP contribution >= 0.6 is 12.4 Å². The summed E-state index contributed by atoms with van der Waals surface area (Å²) in [6.45, 7) is 7.67. The third-order valence-corrected chi connectivity index (χ3v) is 4.19. The van der Waals surface area contributed by atoms with Crippen molar-refractivity contribution in [2.45, 2.75) is 39.2 Å². The average molecular weight is 287 g/mol. The van der Waals surface area contributed by atoms with Gasteiger partial charge in [0.2, 0.25) is 5.89 Å². The van der Waals surface area contributed by atoms with Gasteiger partial charge in [0.25, 0.3) is 0 Å². The molecule has 5 nitrogen and oxygen atoms in total. The van der Waals surface area contributed by atoms with Crippen LogP contribution in [-0.2, 0) is 13.0 Å². The van der Waals surface area contributed by atoms with E-state index in [-0.39, 0.29) is 12.4 Å². The fraction of sp³-hybridized carbons (Fsp3) is 0.846. The number of rotatable bonds is 4. The minimum absolute atomic E-state index is 0. The predicted octanol–water partition coefficient (Wildman–Crippen LogP) is 1.63. The number of nitrogens with zero attached hydrogens (tertiary/aromatic N) is 3. The SMILES string of the molecule is CCCc1nc(CN2CCC3(CCNC3)C2)no1.Cl. The summed E-state index contributed by atoms with van der Waals surface area (Å²) in [4.78, 5) is 6.91. The van der Waals surface area contributed by atoms with Crippen molar-refractivity contribution < 1.29 is 4.52 Å². The van der Waals surface area contributed by atoms with E-state index in [1.165, 1.54) is 39.0 Å². The van der Waals surface area contributed by atoms with Gasteiger partial charge >= 0.3 is 0 Å². The molecule has 108 valence electrons. The van der Waals surface area contributed by atoms with Crippen LogP contribution in [0.15, 0.2) is 4.52 Å². The predicted molar refractivity (Wildman–Crippen MR) is 75.4 cm³/mol. The number of halogens is 1. The summed E-state index contributed by atoms with van der Waals surface area (Å²) in [6, 6.07) is 0. The molecule has 0 radical (unpaired) electrons. The first-order valence-corrected chi connectivity index (χ1v) is 7.04. The fourth-order valence-corrected chi connectivity index (χ4v) is 3.18. The third-order valence-electron chi connectivity index (χ3n) is 4.19. The molecule has 2 aliphatic rings. The molecule has 0 bridgehead atoms. The van der Waals surface area contributed by atoms with E-state index in [2.05, 4.69) is 27.3 Å². The number of aryl methyl sites for hydroxylation is 1. The van der Waals surface area contributed by atoms with Crippen LogP contribution in [0, 0.1) is 5.41 Å². The second-order valence-corrected chi connectivity index (χ2v) is 5.74. The Hall–Kier alpha value is -0.650. The van der Waals surface area contributed by atoms with Crippen molar-refractivity contribution in [3.8, 4) is 0 Å². The van der Waals surface area contributed by atoms with E-state index in [0.717, 1.165) is 31.1 Å². The van der Waals surface area contributed by atoms with Gasteiger partial charge in [0.1, 0.15) is 0 Å².